The van der Waals surface area contributed by atoms with Gasteiger partial charge in [-0.3, -0.25) is 9.69 Å². The molecule has 1 aliphatic rings. The third-order valence-electron chi connectivity index (χ3n) is 4.30. The highest BCUT2D eigenvalue weighted by atomic mass is 19.1. The number of rotatable bonds is 6. The fourth-order valence-electron chi connectivity index (χ4n) is 3.08. The van der Waals surface area contributed by atoms with Gasteiger partial charge in [0, 0.05) is 18.5 Å². The minimum atomic E-state index is -0.284. The van der Waals surface area contributed by atoms with Crippen molar-refractivity contribution in [3.8, 4) is 18.1 Å². The summed E-state index contributed by atoms with van der Waals surface area (Å²) in [6.07, 6.45) is 6.16. The zero-order chi connectivity index (χ0) is 18.4. The number of para-hydroxylation sites is 1. The highest BCUT2D eigenvalue weighted by molar-refractivity contribution is 5.78. The molecule has 1 aliphatic heterocycles. The molecule has 1 unspecified atom stereocenters. The van der Waals surface area contributed by atoms with Gasteiger partial charge in [0.1, 0.15) is 11.6 Å². The molecule has 1 amide bonds. The molecular formula is C21H21FN2O2. The van der Waals surface area contributed by atoms with E-state index in [4.69, 9.17) is 11.2 Å². The van der Waals surface area contributed by atoms with E-state index >= 15 is 0 Å². The van der Waals surface area contributed by atoms with Crippen LogP contribution in [0.4, 0.5) is 4.39 Å². The van der Waals surface area contributed by atoms with Crippen molar-refractivity contribution in [3.63, 3.8) is 0 Å². The molecule has 1 heterocycles. The molecular weight excluding hydrogens is 331 g/mol. The summed E-state index contributed by atoms with van der Waals surface area (Å²) < 4.78 is 18.7. The van der Waals surface area contributed by atoms with Gasteiger partial charge in [-0.1, -0.05) is 36.3 Å². The van der Waals surface area contributed by atoms with Gasteiger partial charge in [0.05, 0.1) is 25.7 Å². The van der Waals surface area contributed by atoms with E-state index in [1.165, 1.54) is 12.1 Å². The topological polar surface area (TPSA) is 41.6 Å². The molecule has 0 spiro atoms. The average Bonchev–Trinajstić information content (AvgIpc) is 2.64. The van der Waals surface area contributed by atoms with Crippen molar-refractivity contribution in [2.75, 3.05) is 19.7 Å². The van der Waals surface area contributed by atoms with Gasteiger partial charge in [-0.2, -0.15) is 0 Å². The molecule has 2 aromatic rings. The maximum Gasteiger partial charge on any atom is 0.234 e. The molecule has 0 fully saturated rings. The van der Waals surface area contributed by atoms with Gasteiger partial charge < -0.3 is 10.1 Å². The van der Waals surface area contributed by atoms with Crippen LogP contribution in [0.5, 0.6) is 5.75 Å². The van der Waals surface area contributed by atoms with Crippen molar-refractivity contribution in [2.24, 2.45) is 0 Å². The largest absolute Gasteiger partial charge is 0.493 e. The molecule has 1 atom stereocenters. The van der Waals surface area contributed by atoms with Gasteiger partial charge in [0.25, 0.3) is 0 Å². The molecule has 3 rings (SSSR count). The summed E-state index contributed by atoms with van der Waals surface area (Å²) >= 11 is 0. The molecule has 2 aromatic carbocycles. The summed E-state index contributed by atoms with van der Waals surface area (Å²) in [5, 5.41) is 3.07. The molecule has 5 heteroatoms. The first-order valence-corrected chi connectivity index (χ1v) is 8.57. The van der Waals surface area contributed by atoms with E-state index in [0.29, 0.717) is 19.7 Å². The summed E-state index contributed by atoms with van der Waals surface area (Å²) in [4.78, 5) is 14.4. The third kappa shape index (κ3) is 4.62. The number of fused-ring (bicyclic) bond motifs is 1. The van der Waals surface area contributed by atoms with Crippen molar-refractivity contribution in [1.29, 1.82) is 0 Å². The molecule has 1 N–H and O–H groups in total. The van der Waals surface area contributed by atoms with Gasteiger partial charge in [-0.05, 0) is 23.8 Å². The van der Waals surface area contributed by atoms with E-state index in [9.17, 15) is 9.18 Å². The number of hydrogen-bond donors (Lipinski definition) is 1. The van der Waals surface area contributed by atoms with Crippen LogP contribution in [-0.4, -0.2) is 30.5 Å². The first kappa shape index (κ1) is 18.0. The Bertz CT molecular complexity index is 798. The lowest BCUT2D eigenvalue weighted by atomic mass is 10.0. The number of carbonyl (C=O) groups excluding carboxylic acids is 1. The molecule has 0 aliphatic carbocycles. The van der Waals surface area contributed by atoms with E-state index in [1.807, 2.05) is 29.2 Å². The Morgan fingerprint density at radius 1 is 1.27 bits per heavy atom. The van der Waals surface area contributed by atoms with E-state index in [1.54, 1.807) is 12.1 Å². The number of carbonyl (C=O) groups is 1. The Hall–Kier alpha value is -2.84. The molecule has 0 aromatic heterocycles. The Balaban J connectivity index is 1.62. The maximum absolute atomic E-state index is 13.0. The first-order valence-electron chi connectivity index (χ1n) is 8.57. The number of ether oxygens (including phenoxy) is 1. The van der Waals surface area contributed by atoms with Crippen LogP contribution in [0.2, 0.25) is 0 Å². The van der Waals surface area contributed by atoms with Crippen molar-refractivity contribution in [3.05, 3.63) is 65.5 Å². The summed E-state index contributed by atoms with van der Waals surface area (Å²) in [6.45, 7) is 1.59. The number of terminal acetylenes is 1. The molecule has 134 valence electrons. The Morgan fingerprint density at radius 3 is 2.81 bits per heavy atom. The van der Waals surface area contributed by atoms with Crippen LogP contribution in [-0.2, 0) is 11.3 Å². The summed E-state index contributed by atoms with van der Waals surface area (Å²) in [5.41, 5.74) is 1.90. The standard InChI is InChI=1S/C21H21FN2O2/c1-2-12-24(14-16-7-9-17(22)10-8-16)15-21(25)23-19-11-13-26-20-6-4-3-5-18(19)20/h1,3-10,19H,11-15H2,(H,23,25). The SMILES string of the molecule is C#CCN(CC(=O)NC1CCOc2ccccc21)Cc1ccc(F)cc1. The quantitative estimate of drug-likeness (QED) is 0.813. The number of amides is 1. The van der Waals surface area contributed by atoms with E-state index < -0.39 is 0 Å². The smallest absolute Gasteiger partial charge is 0.234 e. The van der Waals surface area contributed by atoms with Crippen LogP contribution < -0.4 is 10.1 Å². The van der Waals surface area contributed by atoms with Crippen LogP contribution in [0.25, 0.3) is 0 Å². The highest BCUT2D eigenvalue weighted by Gasteiger charge is 2.23. The molecule has 4 nitrogen and oxygen atoms in total. The van der Waals surface area contributed by atoms with Gasteiger partial charge in [-0.25, -0.2) is 4.39 Å². The zero-order valence-corrected chi connectivity index (χ0v) is 14.5. The molecule has 0 saturated heterocycles. The second kappa shape index (κ2) is 8.50. The minimum absolute atomic E-state index is 0.0639. The Labute approximate surface area is 153 Å². The highest BCUT2D eigenvalue weighted by Crippen LogP contribution is 2.31. The Morgan fingerprint density at radius 2 is 2.04 bits per heavy atom. The summed E-state index contributed by atoms with van der Waals surface area (Å²) in [7, 11) is 0. The molecule has 0 saturated carbocycles. The van der Waals surface area contributed by atoms with Crippen LogP contribution in [0, 0.1) is 18.2 Å². The van der Waals surface area contributed by atoms with Crippen molar-refractivity contribution < 1.29 is 13.9 Å². The lowest BCUT2D eigenvalue weighted by Gasteiger charge is -2.28. The fraction of sp³-hybridized carbons (Fsp3) is 0.286. The normalized spacial score (nSPS) is 15.7. The van der Waals surface area contributed by atoms with E-state index in [0.717, 1.165) is 23.3 Å². The van der Waals surface area contributed by atoms with Crippen molar-refractivity contribution >= 4 is 5.91 Å². The second-order valence-electron chi connectivity index (χ2n) is 6.27. The van der Waals surface area contributed by atoms with Gasteiger partial charge >= 0.3 is 0 Å². The number of benzene rings is 2. The number of hydrogen-bond acceptors (Lipinski definition) is 3. The Kier molecular flexibility index (Phi) is 5.88. The third-order valence-corrected chi connectivity index (χ3v) is 4.30. The first-order chi connectivity index (χ1) is 12.7. The van der Waals surface area contributed by atoms with Gasteiger partial charge in [-0.15, -0.1) is 6.42 Å². The molecule has 26 heavy (non-hydrogen) atoms. The summed E-state index contributed by atoms with van der Waals surface area (Å²) in [5.74, 6) is 3.01. The van der Waals surface area contributed by atoms with Gasteiger partial charge in [0.15, 0.2) is 0 Å². The molecule has 0 radical (unpaired) electrons. The van der Waals surface area contributed by atoms with Crippen LogP contribution in [0.3, 0.4) is 0 Å². The predicted molar refractivity (Wildman–Crippen MR) is 97.9 cm³/mol. The zero-order valence-electron chi connectivity index (χ0n) is 14.5. The minimum Gasteiger partial charge on any atom is -0.493 e. The van der Waals surface area contributed by atoms with Crippen molar-refractivity contribution in [1.82, 2.24) is 10.2 Å². The lowest BCUT2D eigenvalue weighted by molar-refractivity contribution is -0.123. The van der Waals surface area contributed by atoms with Crippen molar-refractivity contribution in [2.45, 2.75) is 19.0 Å². The lowest BCUT2D eigenvalue weighted by Crippen LogP contribution is -2.40. The van der Waals surface area contributed by atoms with Crippen LogP contribution >= 0.6 is 0 Å². The molecule has 0 bridgehead atoms. The van der Waals surface area contributed by atoms with Crippen LogP contribution in [0.1, 0.15) is 23.6 Å². The number of halogens is 1. The van der Waals surface area contributed by atoms with E-state index in [2.05, 4.69) is 11.2 Å². The second-order valence-corrected chi connectivity index (χ2v) is 6.27. The average molecular weight is 352 g/mol. The van der Waals surface area contributed by atoms with Crippen LogP contribution in [0.15, 0.2) is 48.5 Å². The monoisotopic (exact) mass is 352 g/mol. The number of nitrogens with zero attached hydrogens (tertiary/aromatic N) is 1. The predicted octanol–water partition coefficient (Wildman–Crippen LogP) is 2.90. The number of nitrogens with one attached hydrogen (secondary N) is 1. The van der Waals surface area contributed by atoms with Gasteiger partial charge in [0.2, 0.25) is 5.91 Å². The fourth-order valence-corrected chi connectivity index (χ4v) is 3.08. The van der Waals surface area contributed by atoms with E-state index in [-0.39, 0.29) is 24.3 Å². The summed E-state index contributed by atoms with van der Waals surface area (Å²) in [6, 6.07) is 13.9. The maximum atomic E-state index is 13.0.